The van der Waals surface area contributed by atoms with Gasteiger partial charge in [-0.25, -0.2) is 0 Å². The Morgan fingerprint density at radius 2 is 0.857 bits per heavy atom. The molecule has 0 saturated carbocycles. The molecular weight excluding hydrogens is 606 g/mol. The number of carbonyl (C=O) groups is 2. The molecule has 0 rings (SSSR count). The third kappa shape index (κ3) is 34.9. The summed E-state index contributed by atoms with van der Waals surface area (Å²) >= 11 is 0. The minimum atomic E-state index is -0.634. The highest BCUT2D eigenvalue weighted by Crippen LogP contribution is 2.16. The molecule has 1 amide bonds. The quantitative estimate of drug-likeness (QED) is 0.0382. The lowest BCUT2D eigenvalue weighted by Gasteiger charge is -2.24. The Labute approximate surface area is 306 Å². The normalized spacial score (nSPS) is 12.8. The third-order valence-electron chi connectivity index (χ3n) is 10.00. The molecule has 290 valence electrons. The van der Waals surface area contributed by atoms with Gasteiger partial charge in [0.1, 0.15) is 6.10 Å². The molecule has 0 saturated heterocycles. The number of rotatable bonds is 39. The van der Waals surface area contributed by atoms with Gasteiger partial charge in [0.05, 0.1) is 12.6 Å². The summed E-state index contributed by atoms with van der Waals surface area (Å²) in [7, 11) is 0. The van der Waals surface area contributed by atoms with Crippen LogP contribution in [0.25, 0.3) is 0 Å². The van der Waals surface area contributed by atoms with E-state index in [2.05, 4.69) is 32.2 Å². The largest absolute Gasteiger partial charge is 0.456 e. The molecule has 2 N–H and O–H groups in total. The van der Waals surface area contributed by atoms with Crippen LogP contribution < -0.4 is 5.32 Å². The summed E-state index contributed by atoms with van der Waals surface area (Å²) in [6.45, 7) is 6.53. The van der Waals surface area contributed by atoms with E-state index in [-0.39, 0.29) is 18.5 Å². The first-order valence-corrected chi connectivity index (χ1v) is 21.8. The molecule has 2 atom stereocenters. The van der Waals surface area contributed by atoms with Crippen molar-refractivity contribution in [3.63, 3.8) is 0 Å². The highest BCUT2D eigenvalue weighted by Gasteiger charge is 2.24. The monoisotopic (exact) mass is 692 g/mol. The molecule has 0 aliphatic heterocycles. The molecule has 0 aliphatic rings. The van der Waals surface area contributed by atoms with Crippen molar-refractivity contribution in [2.24, 2.45) is 0 Å². The third-order valence-corrected chi connectivity index (χ3v) is 10.00. The predicted octanol–water partition coefficient (Wildman–Crippen LogP) is 13.3. The van der Waals surface area contributed by atoms with E-state index in [1.807, 2.05) is 6.08 Å². The van der Waals surface area contributed by atoms with Gasteiger partial charge in [-0.05, 0) is 31.8 Å². The lowest BCUT2D eigenvalue weighted by Crippen LogP contribution is -2.46. The molecule has 0 unspecified atom stereocenters. The van der Waals surface area contributed by atoms with Crippen LogP contribution in [0.2, 0.25) is 0 Å². The molecule has 0 aromatic rings. The van der Waals surface area contributed by atoms with E-state index >= 15 is 0 Å². The number of esters is 1. The Morgan fingerprint density at radius 1 is 0.510 bits per heavy atom. The van der Waals surface area contributed by atoms with Gasteiger partial charge < -0.3 is 15.2 Å². The fourth-order valence-electron chi connectivity index (χ4n) is 6.66. The number of aliphatic hydroxyl groups excluding tert-OH is 1. The van der Waals surface area contributed by atoms with Crippen LogP contribution in [0.1, 0.15) is 239 Å². The number of nitrogens with one attached hydrogen (secondary N) is 1. The van der Waals surface area contributed by atoms with Gasteiger partial charge in [-0.3, -0.25) is 9.59 Å². The van der Waals surface area contributed by atoms with Crippen molar-refractivity contribution in [3.05, 3.63) is 12.2 Å². The van der Waals surface area contributed by atoms with E-state index in [0.717, 1.165) is 44.9 Å². The number of carbonyl (C=O) groups excluding carboxylic acids is 2. The molecular formula is C44H85NO4. The molecule has 0 spiro atoms. The summed E-state index contributed by atoms with van der Waals surface area (Å²) in [4.78, 5) is 25.7. The molecule has 0 radical (unpaired) electrons. The summed E-state index contributed by atoms with van der Waals surface area (Å²) < 4.78 is 5.89. The molecule has 0 heterocycles. The van der Waals surface area contributed by atoms with Crippen LogP contribution in [-0.2, 0) is 14.3 Å². The summed E-state index contributed by atoms with van der Waals surface area (Å²) in [5.41, 5.74) is 0. The van der Waals surface area contributed by atoms with Crippen LogP contribution in [-0.4, -0.2) is 35.7 Å². The molecule has 0 fully saturated rings. The first kappa shape index (κ1) is 47.6. The zero-order chi connectivity index (χ0) is 35.9. The van der Waals surface area contributed by atoms with E-state index in [4.69, 9.17) is 4.74 Å². The fraction of sp³-hybridized carbons (Fsp3) is 0.909. The summed E-state index contributed by atoms with van der Waals surface area (Å²) in [5, 5.41) is 13.2. The molecule has 0 aromatic carbocycles. The Hall–Kier alpha value is -1.36. The average Bonchev–Trinajstić information content (AvgIpc) is 3.10. The topological polar surface area (TPSA) is 75.6 Å². The van der Waals surface area contributed by atoms with Gasteiger partial charge in [0.25, 0.3) is 0 Å². The zero-order valence-corrected chi connectivity index (χ0v) is 33.2. The highest BCUT2D eigenvalue weighted by atomic mass is 16.5. The van der Waals surface area contributed by atoms with Crippen molar-refractivity contribution in [3.8, 4) is 0 Å². The maximum atomic E-state index is 12.8. The average molecular weight is 692 g/mol. The number of allylic oxidation sites excluding steroid dienone is 1. The minimum Gasteiger partial charge on any atom is -0.456 e. The lowest BCUT2D eigenvalue weighted by molar-refractivity contribution is -0.149. The van der Waals surface area contributed by atoms with Gasteiger partial charge >= 0.3 is 5.97 Å². The molecule has 0 aliphatic carbocycles. The standard InChI is InChI=1S/C44H85NO4/c1-4-7-10-13-16-19-21-22-24-26-28-31-34-37-42(49-44(48)39-36-33-30-25-18-15-12-9-6-3)41(40-46)45-43(47)38-35-32-29-27-23-20-17-14-11-8-5-2/h34,37,41-42,46H,4-33,35-36,38-40H2,1-3H3,(H,45,47)/t41-,42+/m0/s1. The van der Waals surface area contributed by atoms with Crippen LogP contribution in [0.15, 0.2) is 12.2 Å². The van der Waals surface area contributed by atoms with Gasteiger partial charge in [0.2, 0.25) is 5.91 Å². The first-order chi connectivity index (χ1) is 24.1. The van der Waals surface area contributed by atoms with Crippen molar-refractivity contribution in [2.75, 3.05) is 6.61 Å². The Balaban J connectivity index is 4.56. The summed E-state index contributed by atoms with van der Waals surface area (Å²) in [5.74, 6) is -0.293. The van der Waals surface area contributed by atoms with Gasteiger partial charge in [-0.2, -0.15) is 0 Å². The van der Waals surface area contributed by atoms with E-state index < -0.39 is 12.1 Å². The molecule has 0 aromatic heterocycles. The zero-order valence-electron chi connectivity index (χ0n) is 33.2. The number of aliphatic hydroxyl groups is 1. The van der Waals surface area contributed by atoms with Crippen molar-refractivity contribution in [1.29, 1.82) is 0 Å². The smallest absolute Gasteiger partial charge is 0.306 e. The van der Waals surface area contributed by atoms with E-state index in [1.165, 1.54) is 161 Å². The Kier molecular flexibility index (Phi) is 38.3. The van der Waals surface area contributed by atoms with Crippen LogP contribution >= 0.6 is 0 Å². The van der Waals surface area contributed by atoms with Crippen molar-refractivity contribution >= 4 is 11.9 Å². The molecule has 0 bridgehead atoms. The molecule has 5 heteroatoms. The van der Waals surface area contributed by atoms with Crippen LogP contribution in [0.5, 0.6) is 0 Å². The van der Waals surface area contributed by atoms with Crippen LogP contribution in [0, 0.1) is 0 Å². The van der Waals surface area contributed by atoms with E-state index in [9.17, 15) is 14.7 Å². The highest BCUT2D eigenvalue weighted by molar-refractivity contribution is 5.76. The molecule has 5 nitrogen and oxygen atoms in total. The van der Waals surface area contributed by atoms with Gasteiger partial charge in [0, 0.05) is 12.8 Å². The van der Waals surface area contributed by atoms with Crippen molar-refractivity contribution in [2.45, 2.75) is 251 Å². The fourth-order valence-corrected chi connectivity index (χ4v) is 6.66. The summed E-state index contributed by atoms with van der Waals surface area (Å²) in [6, 6.07) is -0.610. The first-order valence-electron chi connectivity index (χ1n) is 21.8. The van der Waals surface area contributed by atoms with Crippen LogP contribution in [0.4, 0.5) is 0 Å². The Bertz CT molecular complexity index is 724. The van der Waals surface area contributed by atoms with E-state index in [0.29, 0.717) is 12.8 Å². The van der Waals surface area contributed by atoms with Crippen LogP contribution in [0.3, 0.4) is 0 Å². The number of unbranched alkanes of at least 4 members (excludes halogenated alkanes) is 29. The second-order valence-corrected chi connectivity index (χ2v) is 14.9. The number of ether oxygens (including phenoxy) is 1. The maximum Gasteiger partial charge on any atom is 0.306 e. The number of hydrogen-bond acceptors (Lipinski definition) is 4. The number of hydrogen-bond donors (Lipinski definition) is 2. The van der Waals surface area contributed by atoms with Gasteiger partial charge in [0.15, 0.2) is 0 Å². The Morgan fingerprint density at radius 3 is 1.24 bits per heavy atom. The van der Waals surface area contributed by atoms with Crippen molar-refractivity contribution in [1.82, 2.24) is 5.32 Å². The van der Waals surface area contributed by atoms with Gasteiger partial charge in [-0.15, -0.1) is 0 Å². The SMILES string of the molecule is CCCCCCCCCCCCCC=C[C@@H](OC(=O)CCCCCCCCCCC)[C@H](CO)NC(=O)CCCCCCCCCCCCC. The summed E-state index contributed by atoms with van der Waals surface area (Å²) in [6.07, 6.45) is 44.1. The predicted molar refractivity (Wildman–Crippen MR) is 212 cm³/mol. The number of amides is 1. The maximum absolute atomic E-state index is 12.8. The molecule has 49 heavy (non-hydrogen) atoms. The van der Waals surface area contributed by atoms with Gasteiger partial charge in [-0.1, -0.05) is 207 Å². The van der Waals surface area contributed by atoms with E-state index in [1.54, 1.807) is 0 Å². The second-order valence-electron chi connectivity index (χ2n) is 14.9. The lowest BCUT2D eigenvalue weighted by atomic mass is 10.0. The second kappa shape index (κ2) is 39.4. The van der Waals surface area contributed by atoms with Crippen molar-refractivity contribution < 1.29 is 19.4 Å². The minimum absolute atomic E-state index is 0.0614.